The van der Waals surface area contributed by atoms with Crippen LogP contribution in [0.15, 0.2) is 47.3 Å². The Morgan fingerprint density at radius 1 is 0.963 bits per heavy atom. The topological polar surface area (TPSA) is 75.5 Å². The number of piperazine rings is 1. The number of aryl methyl sites for hydroxylation is 1. The molecule has 2 aromatic rings. The summed E-state index contributed by atoms with van der Waals surface area (Å²) in [6.07, 6.45) is 0.917. The molecule has 142 valence electrons. The van der Waals surface area contributed by atoms with Gasteiger partial charge in [-0.3, -0.25) is 14.4 Å². The minimum absolute atomic E-state index is 0.0471. The third-order valence-corrected chi connectivity index (χ3v) is 4.77. The summed E-state index contributed by atoms with van der Waals surface area (Å²) >= 11 is 0. The summed E-state index contributed by atoms with van der Waals surface area (Å²) in [6, 6.07) is 12.9. The molecule has 1 fully saturated rings. The largest absolute Gasteiger partial charge is 0.339 e. The number of carbonyl (C=O) groups excluding carboxylic acids is 2. The third kappa shape index (κ3) is 4.81. The first-order valence-electron chi connectivity index (χ1n) is 9.21. The van der Waals surface area contributed by atoms with E-state index in [1.165, 1.54) is 10.7 Å². The number of nitrogens with zero attached hydrogens (tertiary/aromatic N) is 4. The van der Waals surface area contributed by atoms with E-state index in [9.17, 15) is 14.4 Å². The molecule has 1 aromatic carbocycles. The van der Waals surface area contributed by atoms with E-state index in [0.29, 0.717) is 45.6 Å². The van der Waals surface area contributed by atoms with Crippen LogP contribution in [-0.4, -0.2) is 57.6 Å². The molecule has 0 radical (unpaired) electrons. The first-order chi connectivity index (χ1) is 13.0. The van der Waals surface area contributed by atoms with E-state index in [1.807, 2.05) is 30.3 Å². The van der Waals surface area contributed by atoms with E-state index < -0.39 is 0 Å². The molecular formula is C20H24N4O3. The van der Waals surface area contributed by atoms with E-state index in [4.69, 9.17) is 0 Å². The number of benzene rings is 1. The fraction of sp³-hybridized carbons (Fsp3) is 0.400. The van der Waals surface area contributed by atoms with Crippen molar-refractivity contribution in [3.8, 4) is 11.3 Å². The molecule has 2 amide bonds. The molecule has 1 aliphatic rings. The predicted octanol–water partition coefficient (Wildman–Crippen LogP) is 1.38. The maximum atomic E-state index is 12.4. The average Bonchev–Trinajstić information content (AvgIpc) is 2.70. The predicted molar refractivity (Wildman–Crippen MR) is 102 cm³/mol. The molecule has 0 spiro atoms. The molecule has 0 unspecified atom stereocenters. The van der Waals surface area contributed by atoms with Gasteiger partial charge in [0, 0.05) is 57.7 Å². The lowest BCUT2D eigenvalue weighted by Crippen LogP contribution is -2.50. The van der Waals surface area contributed by atoms with Crippen molar-refractivity contribution in [1.29, 1.82) is 0 Å². The van der Waals surface area contributed by atoms with Gasteiger partial charge in [-0.2, -0.15) is 5.10 Å². The molecule has 2 heterocycles. The van der Waals surface area contributed by atoms with Gasteiger partial charge in [-0.05, 0) is 12.5 Å². The van der Waals surface area contributed by atoms with Crippen LogP contribution in [0.2, 0.25) is 0 Å². The molecular weight excluding hydrogens is 344 g/mol. The van der Waals surface area contributed by atoms with Crippen LogP contribution >= 0.6 is 0 Å². The highest BCUT2D eigenvalue weighted by molar-refractivity contribution is 5.77. The van der Waals surface area contributed by atoms with Gasteiger partial charge in [-0.1, -0.05) is 30.3 Å². The number of rotatable bonds is 5. The van der Waals surface area contributed by atoms with Gasteiger partial charge in [0.2, 0.25) is 11.8 Å². The summed E-state index contributed by atoms with van der Waals surface area (Å²) in [5.41, 5.74) is 1.52. The first kappa shape index (κ1) is 18.8. The SMILES string of the molecule is CC(=O)N1CCN(C(=O)CCCn2nc(-c3ccccc3)ccc2=O)CC1. The highest BCUT2D eigenvalue weighted by Crippen LogP contribution is 2.14. The van der Waals surface area contributed by atoms with Gasteiger partial charge in [0.05, 0.1) is 5.69 Å². The zero-order valence-corrected chi connectivity index (χ0v) is 15.5. The molecule has 3 rings (SSSR count). The second-order valence-electron chi connectivity index (χ2n) is 6.64. The molecule has 0 atom stereocenters. The Kier molecular flexibility index (Phi) is 6.01. The summed E-state index contributed by atoms with van der Waals surface area (Å²) in [5, 5.41) is 4.42. The van der Waals surface area contributed by atoms with Gasteiger partial charge in [-0.25, -0.2) is 4.68 Å². The fourth-order valence-corrected chi connectivity index (χ4v) is 3.18. The van der Waals surface area contributed by atoms with Gasteiger partial charge >= 0.3 is 0 Å². The Balaban J connectivity index is 1.54. The van der Waals surface area contributed by atoms with Crippen LogP contribution in [0.5, 0.6) is 0 Å². The summed E-state index contributed by atoms with van der Waals surface area (Å²) < 4.78 is 1.42. The lowest BCUT2D eigenvalue weighted by Gasteiger charge is -2.34. The van der Waals surface area contributed by atoms with Crippen molar-refractivity contribution in [2.24, 2.45) is 0 Å². The van der Waals surface area contributed by atoms with Crippen LogP contribution in [0.1, 0.15) is 19.8 Å². The van der Waals surface area contributed by atoms with E-state index in [-0.39, 0.29) is 17.4 Å². The number of aromatic nitrogens is 2. The van der Waals surface area contributed by atoms with Gasteiger partial charge in [0.15, 0.2) is 0 Å². The van der Waals surface area contributed by atoms with Crippen molar-refractivity contribution in [2.45, 2.75) is 26.3 Å². The molecule has 7 heteroatoms. The highest BCUT2D eigenvalue weighted by Gasteiger charge is 2.21. The van der Waals surface area contributed by atoms with E-state index in [2.05, 4.69) is 5.10 Å². The van der Waals surface area contributed by atoms with E-state index in [1.54, 1.807) is 22.8 Å². The molecule has 0 aliphatic carbocycles. The van der Waals surface area contributed by atoms with Gasteiger partial charge in [-0.15, -0.1) is 0 Å². The molecule has 7 nitrogen and oxygen atoms in total. The zero-order chi connectivity index (χ0) is 19.2. The number of carbonyl (C=O) groups is 2. The smallest absolute Gasteiger partial charge is 0.266 e. The average molecular weight is 368 g/mol. The standard InChI is InChI=1S/C20H24N4O3/c1-16(25)22-12-14-23(15-13-22)19(26)8-5-11-24-20(27)10-9-18(21-24)17-6-3-2-4-7-17/h2-4,6-7,9-10H,5,8,11-15H2,1H3. The second kappa shape index (κ2) is 8.62. The van der Waals surface area contributed by atoms with Crippen molar-refractivity contribution in [3.05, 3.63) is 52.8 Å². The van der Waals surface area contributed by atoms with Gasteiger partial charge < -0.3 is 9.80 Å². The normalized spacial score (nSPS) is 14.3. The van der Waals surface area contributed by atoms with E-state index in [0.717, 1.165) is 11.3 Å². The number of amides is 2. The van der Waals surface area contributed by atoms with Crippen LogP contribution in [0.25, 0.3) is 11.3 Å². The molecule has 1 saturated heterocycles. The van der Waals surface area contributed by atoms with Crippen molar-refractivity contribution in [2.75, 3.05) is 26.2 Å². The first-order valence-corrected chi connectivity index (χ1v) is 9.21. The van der Waals surface area contributed by atoms with Crippen LogP contribution < -0.4 is 5.56 Å². The summed E-state index contributed by atoms with van der Waals surface area (Å²) in [5.74, 6) is 0.108. The summed E-state index contributed by atoms with van der Waals surface area (Å²) in [7, 11) is 0. The second-order valence-corrected chi connectivity index (χ2v) is 6.64. The van der Waals surface area contributed by atoms with E-state index >= 15 is 0 Å². The van der Waals surface area contributed by atoms with Crippen molar-refractivity contribution in [1.82, 2.24) is 19.6 Å². The maximum absolute atomic E-state index is 12.4. The minimum atomic E-state index is -0.169. The van der Waals surface area contributed by atoms with Crippen LogP contribution in [0.4, 0.5) is 0 Å². The molecule has 0 bridgehead atoms. The Morgan fingerprint density at radius 2 is 1.63 bits per heavy atom. The van der Waals surface area contributed by atoms with Crippen LogP contribution in [0, 0.1) is 0 Å². The third-order valence-electron chi connectivity index (χ3n) is 4.77. The summed E-state index contributed by atoms with van der Waals surface area (Å²) in [6.45, 7) is 4.26. The van der Waals surface area contributed by atoms with Crippen molar-refractivity contribution < 1.29 is 9.59 Å². The van der Waals surface area contributed by atoms with Gasteiger partial charge in [0.25, 0.3) is 5.56 Å². The molecule has 1 aromatic heterocycles. The number of hydrogen-bond acceptors (Lipinski definition) is 4. The Labute approximate surface area is 158 Å². The Bertz CT molecular complexity index is 855. The molecule has 0 saturated carbocycles. The van der Waals surface area contributed by atoms with Crippen LogP contribution in [-0.2, 0) is 16.1 Å². The monoisotopic (exact) mass is 368 g/mol. The lowest BCUT2D eigenvalue weighted by molar-refractivity contribution is -0.138. The van der Waals surface area contributed by atoms with Gasteiger partial charge in [0.1, 0.15) is 0 Å². The Hall–Kier alpha value is -2.96. The quantitative estimate of drug-likeness (QED) is 0.799. The number of hydrogen-bond donors (Lipinski definition) is 0. The minimum Gasteiger partial charge on any atom is -0.339 e. The zero-order valence-electron chi connectivity index (χ0n) is 15.5. The molecule has 1 aliphatic heterocycles. The van der Waals surface area contributed by atoms with Crippen molar-refractivity contribution in [3.63, 3.8) is 0 Å². The van der Waals surface area contributed by atoms with Crippen LogP contribution in [0.3, 0.4) is 0 Å². The molecule has 27 heavy (non-hydrogen) atoms. The van der Waals surface area contributed by atoms with Crippen molar-refractivity contribution >= 4 is 11.8 Å². The summed E-state index contributed by atoms with van der Waals surface area (Å²) in [4.78, 5) is 39.3. The lowest BCUT2D eigenvalue weighted by atomic mass is 10.1. The molecule has 0 N–H and O–H groups in total. The highest BCUT2D eigenvalue weighted by atomic mass is 16.2. The Morgan fingerprint density at radius 3 is 2.30 bits per heavy atom. The fourth-order valence-electron chi connectivity index (χ4n) is 3.18. The maximum Gasteiger partial charge on any atom is 0.266 e.